The van der Waals surface area contributed by atoms with Crippen molar-refractivity contribution in [2.75, 3.05) is 0 Å². The van der Waals surface area contributed by atoms with Gasteiger partial charge in [-0.3, -0.25) is 9.59 Å². The summed E-state index contributed by atoms with van der Waals surface area (Å²) >= 11 is 1.71. The van der Waals surface area contributed by atoms with E-state index >= 15 is 0 Å². The van der Waals surface area contributed by atoms with E-state index in [1.54, 1.807) is 11.3 Å². The van der Waals surface area contributed by atoms with Crippen LogP contribution in [0.3, 0.4) is 0 Å². The zero-order chi connectivity index (χ0) is 12.6. The van der Waals surface area contributed by atoms with Crippen molar-refractivity contribution in [2.45, 2.75) is 6.18 Å². The van der Waals surface area contributed by atoms with Crippen LogP contribution in [0.5, 0.6) is 0 Å². The Morgan fingerprint density at radius 1 is 1.18 bits per heavy atom. The Hall–Kier alpha value is -0.116. The van der Waals surface area contributed by atoms with Crippen LogP contribution >= 0.6 is 11.3 Å². The van der Waals surface area contributed by atoms with Gasteiger partial charge in [0.15, 0.2) is 0 Å². The molecule has 92 valence electrons. The zero-order valence-electron chi connectivity index (χ0n) is 7.94. The maximum Gasteiger partial charge on any atom is 3.00 e. The van der Waals surface area contributed by atoms with E-state index in [-0.39, 0.29) is 49.4 Å². The molecule has 0 unspecified atom stereocenters. The van der Waals surface area contributed by atoms with Gasteiger partial charge in [-0.1, -0.05) is 12.1 Å². The minimum absolute atomic E-state index is 0. The number of Topliss-reactive ketones (excluding diaryl/α,β-unsaturated/α-hetero) is 1. The van der Waals surface area contributed by atoms with Gasteiger partial charge in [-0.25, -0.2) is 4.79 Å². The van der Waals surface area contributed by atoms with Crippen molar-refractivity contribution in [3.05, 3.63) is 22.9 Å². The molecule has 1 aromatic rings. The quantitative estimate of drug-likeness (QED) is 0.324. The maximum atomic E-state index is 11.3. The third kappa shape index (κ3) is 9.57. The van der Waals surface area contributed by atoms with Crippen molar-refractivity contribution in [1.82, 2.24) is 0 Å². The number of hydrogen-bond donors (Lipinski definition) is 0. The van der Waals surface area contributed by atoms with Gasteiger partial charge in [0.2, 0.25) is 0 Å². The zero-order valence-corrected chi connectivity index (χ0v) is 11.2. The predicted molar refractivity (Wildman–Crippen MR) is 47.5 cm³/mol. The van der Waals surface area contributed by atoms with Gasteiger partial charge in [0.05, 0.1) is 0 Å². The van der Waals surface area contributed by atoms with Crippen LogP contribution in [0.4, 0.5) is 13.2 Å². The van der Waals surface area contributed by atoms with Gasteiger partial charge < -0.3 is 4.74 Å². The van der Waals surface area contributed by atoms with Crippen LogP contribution in [-0.4, -0.2) is 24.4 Å². The van der Waals surface area contributed by atoms with E-state index in [0.29, 0.717) is 0 Å². The summed E-state index contributed by atoms with van der Waals surface area (Å²) < 4.78 is 36.9. The number of halogens is 3. The van der Waals surface area contributed by atoms with Crippen LogP contribution < -0.4 is 0 Å². The first-order chi connectivity index (χ1) is 7.39. The number of carbonyl (C=O) groups is 3. The summed E-state index contributed by atoms with van der Waals surface area (Å²) in [7, 11) is 0. The smallest absolute Gasteiger partial charge is 0.389 e. The number of thiophene rings is 1. The van der Waals surface area contributed by atoms with E-state index in [9.17, 15) is 27.6 Å². The number of rotatable bonds is 2. The van der Waals surface area contributed by atoms with E-state index in [1.165, 1.54) is 0 Å². The van der Waals surface area contributed by atoms with Gasteiger partial charge in [-0.05, 0) is 10.8 Å². The molecule has 1 aromatic heterocycles. The predicted octanol–water partition coefficient (Wildman–Crippen LogP) is 1.57. The second kappa shape index (κ2) is 9.87. The topological polar surface area (TPSA) is 60.4 Å². The summed E-state index contributed by atoms with van der Waals surface area (Å²) in [5.74, 6) is -4.93. The number of carbonyl (C=O) groups excluding carboxylic acids is 3. The average Bonchev–Trinajstić information content (AvgIpc) is 2.73. The molecule has 0 radical (unpaired) electrons. The maximum absolute atomic E-state index is 11.3. The molecule has 0 aromatic carbocycles. The molecule has 0 atom stereocenters. The number of esters is 1. The van der Waals surface area contributed by atoms with Crippen LogP contribution in [0.15, 0.2) is 22.9 Å². The monoisotopic (exact) mass is 407 g/mol. The molecule has 0 saturated heterocycles. The number of hydrogen-bond acceptors (Lipinski definition) is 5. The standard InChI is InChI=1S/C4HF3O4.C4H4S.Eu/c5-4(6,7)2(9)3(10)11-1-8;1-2-4-5-3-1;/h1H;1-4H;/q;;+3. The fraction of sp³-hybridized carbons (Fsp3) is 0.125. The third-order valence-corrected chi connectivity index (χ3v) is 1.65. The third-order valence-electron chi connectivity index (χ3n) is 1.02. The number of alkyl halides is 3. The molecular formula is C8H5EuF3O4S+3. The van der Waals surface area contributed by atoms with Crippen LogP contribution in [0.2, 0.25) is 0 Å². The first-order valence-electron chi connectivity index (χ1n) is 3.62. The summed E-state index contributed by atoms with van der Waals surface area (Å²) in [4.78, 5) is 28.9. The molecule has 0 aliphatic rings. The second-order valence-corrected chi connectivity index (χ2v) is 2.94. The molecule has 0 spiro atoms. The molecular weight excluding hydrogens is 401 g/mol. The summed E-state index contributed by atoms with van der Waals surface area (Å²) in [5, 5.41) is 4.08. The Morgan fingerprint density at radius 3 is 1.88 bits per heavy atom. The van der Waals surface area contributed by atoms with Crippen LogP contribution in [0.1, 0.15) is 0 Å². The fourth-order valence-corrected chi connectivity index (χ4v) is 0.893. The van der Waals surface area contributed by atoms with Crippen molar-refractivity contribution in [3.8, 4) is 0 Å². The molecule has 9 heteroatoms. The second-order valence-electron chi connectivity index (χ2n) is 2.12. The molecule has 0 saturated carbocycles. The van der Waals surface area contributed by atoms with Crippen molar-refractivity contribution in [2.24, 2.45) is 0 Å². The Labute approximate surface area is 139 Å². The summed E-state index contributed by atoms with van der Waals surface area (Å²) in [6.07, 6.45) is -5.29. The van der Waals surface area contributed by atoms with E-state index in [4.69, 9.17) is 0 Å². The normalized spacial score (nSPS) is 9.12. The molecule has 0 amide bonds. The van der Waals surface area contributed by atoms with E-state index in [1.807, 2.05) is 22.9 Å². The van der Waals surface area contributed by atoms with E-state index < -0.39 is 24.4 Å². The molecule has 0 aliphatic heterocycles. The molecule has 0 bridgehead atoms. The summed E-state index contributed by atoms with van der Waals surface area (Å²) in [5.41, 5.74) is 0. The van der Waals surface area contributed by atoms with Crippen LogP contribution in [0.25, 0.3) is 0 Å². The minimum atomic E-state index is -5.29. The fourth-order valence-electron chi connectivity index (χ4n) is 0.440. The Kier molecular flexibility index (Phi) is 11.2. The SMILES string of the molecule is O=COC(=O)C(=O)C(F)(F)F.[Eu+3].c1ccsc1. The van der Waals surface area contributed by atoms with Gasteiger partial charge in [0.25, 0.3) is 0 Å². The Morgan fingerprint density at radius 2 is 1.65 bits per heavy atom. The van der Waals surface area contributed by atoms with E-state index in [0.717, 1.165) is 0 Å². The average molecular weight is 406 g/mol. The van der Waals surface area contributed by atoms with Crippen molar-refractivity contribution in [3.63, 3.8) is 0 Å². The Bertz CT molecular complexity index is 333. The first-order valence-corrected chi connectivity index (χ1v) is 4.56. The number of ketones is 1. The largest absolute Gasteiger partial charge is 3.00 e. The van der Waals surface area contributed by atoms with Crippen molar-refractivity contribution >= 4 is 29.6 Å². The molecule has 0 fully saturated rings. The van der Waals surface area contributed by atoms with Gasteiger partial charge in [0.1, 0.15) is 0 Å². The number of ether oxygens (including phenoxy) is 1. The van der Waals surface area contributed by atoms with Crippen molar-refractivity contribution < 1.29 is 81.7 Å². The molecule has 0 aliphatic carbocycles. The first kappa shape index (κ1) is 19.2. The van der Waals surface area contributed by atoms with Gasteiger partial charge in [0, 0.05) is 0 Å². The van der Waals surface area contributed by atoms with Gasteiger partial charge in [-0.15, -0.1) is 0 Å². The molecule has 1 heterocycles. The van der Waals surface area contributed by atoms with Crippen molar-refractivity contribution in [1.29, 1.82) is 0 Å². The molecule has 1 rings (SSSR count). The molecule has 0 N–H and O–H groups in total. The molecule has 4 nitrogen and oxygen atoms in total. The Balaban J connectivity index is 0. The van der Waals surface area contributed by atoms with Gasteiger partial charge in [-0.2, -0.15) is 24.5 Å². The molecule has 17 heavy (non-hydrogen) atoms. The minimum Gasteiger partial charge on any atom is -0.389 e. The van der Waals surface area contributed by atoms with Gasteiger partial charge >= 0.3 is 73.8 Å². The van der Waals surface area contributed by atoms with Crippen LogP contribution in [-0.2, 0) is 19.1 Å². The summed E-state index contributed by atoms with van der Waals surface area (Å²) in [6, 6.07) is 4.04. The summed E-state index contributed by atoms with van der Waals surface area (Å²) in [6.45, 7) is -0.550. The van der Waals surface area contributed by atoms with Crippen LogP contribution in [0, 0.1) is 49.4 Å². The van der Waals surface area contributed by atoms with E-state index in [2.05, 4.69) is 4.74 Å².